The predicted octanol–water partition coefficient (Wildman–Crippen LogP) is 3.79. The highest BCUT2D eigenvalue weighted by atomic mass is 32.2. The molecular formula is C20H20N4O4S. The Bertz CT molecular complexity index is 1050. The number of methoxy groups -OCH3 is 3. The molecule has 0 radical (unpaired) electrons. The highest BCUT2D eigenvalue weighted by Crippen LogP contribution is 2.45. The Morgan fingerprint density at radius 2 is 1.76 bits per heavy atom. The van der Waals surface area contributed by atoms with E-state index in [9.17, 15) is 0 Å². The molecule has 2 aromatic carbocycles. The summed E-state index contributed by atoms with van der Waals surface area (Å²) in [5.74, 6) is 1.96. The second-order valence-corrected chi connectivity index (χ2v) is 6.84. The minimum Gasteiger partial charge on any atom is -0.493 e. The van der Waals surface area contributed by atoms with Crippen LogP contribution >= 0.6 is 11.8 Å². The number of para-hydroxylation sites is 1. The SMILES string of the molecule is COc1ccc(C2Nc3ccccc3-c3nnc(SC)nc3O2)c(OC)c1OC. The molecule has 9 heteroatoms. The number of hydrogen-bond donors (Lipinski definition) is 1. The lowest BCUT2D eigenvalue weighted by Gasteiger charge is -2.23. The second-order valence-electron chi connectivity index (χ2n) is 6.06. The van der Waals surface area contributed by atoms with Gasteiger partial charge in [0, 0.05) is 11.3 Å². The van der Waals surface area contributed by atoms with Crippen LogP contribution < -0.4 is 24.3 Å². The van der Waals surface area contributed by atoms with Gasteiger partial charge in [0.05, 0.1) is 26.9 Å². The molecule has 1 unspecified atom stereocenters. The van der Waals surface area contributed by atoms with Gasteiger partial charge >= 0.3 is 0 Å². The quantitative estimate of drug-likeness (QED) is 0.629. The fourth-order valence-electron chi connectivity index (χ4n) is 3.21. The number of benzene rings is 2. The zero-order valence-corrected chi connectivity index (χ0v) is 17.2. The molecule has 1 aromatic heterocycles. The maximum Gasteiger partial charge on any atom is 0.247 e. The Kier molecular flexibility index (Phi) is 5.30. The van der Waals surface area contributed by atoms with E-state index in [0.717, 1.165) is 16.8 Å². The van der Waals surface area contributed by atoms with Crippen LogP contribution in [0.5, 0.6) is 23.1 Å². The molecule has 0 fully saturated rings. The van der Waals surface area contributed by atoms with Gasteiger partial charge in [0.2, 0.25) is 23.0 Å². The standard InChI is InChI=1S/C20H20N4O4S/c1-25-14-10-9-12(16(26-2)17(14)27-3)18-21-13-8-6-5-7-11(13)15-19(28-18)22-20(29-4)24-23-15/h5-10,18,21H,1-4H3. The average Bonchev–Trinajstić information content (AvgIpc) is 2.93. The Morgan fingerprint density at radius 3 is 2.48 bits per heavy atom. The molecule has 0 spiro atoms. The Balaban J connectivity index is 1.88. The summed E-state index contributed by atoms with van der Waals surface area (Å²) in [5.41, 5.74) is 3.02. The van der Waals surface area contributed by atoms with Gasteiger partial charge in [0.15, 0.2) is 17.2 Å². The van der Waals surface area contributed by atoms with E-state index in [1.807, 2.05) is 42.7 Å². The molecule has 2 heterocycles. The number of nitrogens with one attached hydrogen (secondary N) is 1. The number of nitrogens with zero attached hydrogens (tertiary/aromatic N) is 3. The first-order valence-electron chi connectivity index (χ1n) is 8.80. The summed E-state index contributed by atoms with van der Waals surface area (Å²) < 4.78 is 22.8. The lowest BCUT2D eigenvalue weighted by molar-refractivity contribution is 0.217. The molecule has 29 heavy (non-hydrogen) atoms. The third kappa shape index (κ3) is 3.38. The van der Waals surface area contributed by atoms with Crippen molar-refractivity contribution in [1.29, 1.82) is 0 Å². The van der Waals surface area contributed by atoms with Crippen LogP contribution in [0, 0.1) is 0 Å². The van der Waals surface area contributed by atoms with Crippen LogP contribution in [0.3, 0.4) is 0 Å². The van der Waals surface area contributed by atoms with E-state index in [4.69, 9.17) is 18.9 Å². The van der Waals surface area contributed by atoms with E-state index >= 15 is 0 Å². The van der Waals surface area contributed by atoms with Crippen LogP contribution in [0.4, 0.5) is 5.69 Å². The van der Waals surface area contributed by atoms with Crippen LogP contribution in [0.15, 0.2) is 41.6 Å². The minimum atomic E-state index is -0.599. The first-order chi connectivity index (χ1) is 14.2. The molecule has 150 valence electrons. The normalized spacial score (nSPS) is 14.6. The van der Waals surface area contributed by atoms with Crippen LogP contribution in [0.1, 0.15) is 11.8 Å². The first-order valence-corrected chi connectivity index (χ1v) is 10.0. The number of aromatic nitrogens is 3. The van der Waals surface area contributed by atoms with Crippen molar-refractivity contribution in [3.8, 4) is 34.4 Å². The van der Waals surface area contributed by atoms with Gasteiger partial charge in [0.25, 0.3) is 0 Å². The van der Waals surface area contributed by atoms with E-state index in [1.54, 1.807) is 21.3 Å². The summed E-state index contributed by atoms with van der Waals surface area (Å²) in [7, 11) is 4.73. The van der Waals surface area contributed by atoms with Crippen molar-refractivity contribution in [3.05, 3.63) is 42.0 Å². The maximum atomic E-state index is 6.27. The Hall–Kier alpha value is -3.20. The molecule has 0 saturated carbocycles. The monoisotopic (exact) mass is 412 g/mol. The van der Waals surface area contributed by atoms with Gasteiger partial charge in [-0.3, -0.25) is 0 Å². The molecule has 8 nitrogen and oxygen atoms in total. The fraction of sp³-hybridized carbons (Fsp3) is 0.250. The summed E-state index contributed by atoms with van der Waals surface area (Å²) in [6.07, 6.45) is 1.29. The molecule has 4 rings (SSSR count). The van der Waals surface area contributed by atoms with Crippen LogP contribution in [0.2, 0.25) is 0 Å². The fourth-order valence-corrected chi connectivity index (χ4v) is 3.50. The number of anilines is 1. The van der Waals surface area contributed by atoms with Gasteiger partial charge in [0.1, 0.15) is 0 Å². The van der Waals surface area contributed by atoms with E-state index in [2.05, 4.69) is 20.5 Å². The molecule has 0 bridgehead atoms. The summed E-state index contributed by atoms with van der Waals surface area (Å²) in [4.78, 5) is 4.53. The Morgan fingerprint density at radius 1 is 0.966 bits per heavy atom. The van der Waals surface area contributed by atoms with Gasteiger partial charge in [-0.1, -0.05) is 30.0 Å². The van der Waals surface area contributed by atoms with E-state index in [0.29, 0.717) is 34.0 Å². The molecule has 1 aliphatic heterocycles. The van der Waals surface area contributed by atoms with Gasteiger partial charge < -0.3 is 24.3 Å². The van der Waals surface area contributed by atoms with Crippen LogP contribution in [-0.4, -0.2) is 42.8 Å². The van der Waals surface area contributed by atoms with Crippen molar-refractivity contribution < 1.29 is 18.9 Å². The number of thioether (sulfide) groups is 1. The van der Waals surface area contributed by atoms with Gasteiger partial charge in [-0.05, 0) is 24.5 Å². The lowest BCUT2D eigenvalue weighted by Crippen LogP contribution is -2.18. The van der Waals surface area contributed by atoms with Gasteiger partial charge in [-0.2, -0.15) is 4.98 Å². The lowest BCUT2D eigenvalue weighted by atomic mass is 10.1. The first kappa shape index (κ1) is 19.1. The van der Waals surface area contributed by atoms with Crippen molar-refractivity contribution in [2.75, 3.05) is 32.9 Å². The molecule has 0 aliphatic carbocycles. The topological polar surface area (TPSA) is 87.6 Å². The van der Waals surface area contributed by atoms with Gasteiger partial charge in [-0.25, -0.2) is 0 Å². The summed E-state index contributed by atoms with van der Waals surface area (Å²) >= 11 is 1.40. The second kappa shape index (κ2) is 8.04. The molecular weight excluding hydrogens is 392 g/mol. The van der Waals surface area contributed by atoms with E-state index in [-0.39, 0.29) is 0 Å². The Labute approximate surface area is 172 Å². The number of rotatable bonds is 5. The van der Waals surface area contributed by atoms with Crippen molar-refractivity contribution in [2.24, 2.45) is 0 Å². The molecule has 0 saturated heterocycles. The van der Waals surface area contributed by atoms with E-state index < -0.39 is 6.23 Å². The highest BCUT2D eigenvalue weighted by molar-refractivity contribution is 7.98. The average molecular weight is 412 g/mol. The molecule has 1 N–H and O–H groups in total. The van der Waals surface area contributed by atoms with Crippen molar-refractivity contribution in [3.63, 3.8) is 0 Å². The third-order valence-electron chi connectivity index (χ3n) is 4.53. The predicted molar refractivity (Wildman–Crippen MR) is 110 cm³/mol. The smallest absolute Gasteiger partial charge is 0.247 e. The number of hydrogen-bond acceptors (Lipinski definition) is 9. The minimum absolute atomic E-state index is 0.392. The largest absolute Gasteiger partial charge is 0.493 e. The van der Waals surface area contributed by atoms with Gasteiger partial charge in [-0.15, -0.1) is 10.2 Å². The molecule has 3 aromatic rings. The zero-order valence-electron chi connectivity index (χ0n) is 16.4. The molecule has 1 aliphatic rings. The molecule has 1 atom stereocenters. The van der Waals surface area contributed by atoms with Crippen molar-refractivity contribution >= 4 is 17.4 Å². The summed E-state index contributed by atoms with van der Waals surface area (Å²) in [6, 6.07) is 11.5. The van der Waals surface area contributed by atoms with E-state index in [1.165, 1.54) is 11.8 Å². The summed E-state index contributed by atoms with van der Waals surface area (Å²) in [5, 5.41) is 12.5. The van der Waals surface area contributed by atoms with Crippen molar-refractivity contribution in [1.82, 2.24) is 15.2 Å². The zero-order chi connectivity index (χ0) is 20.4. The number of ether oxygens (including phenoxy) is 4. The van der Waals surface area contributed by atoms with Crippen LogP contribution in [-0.2, 0) is 0 Å². The summed E-state index contributed by atoms with van der Waals surface area (Å²) in [6.45, 7) is 0. The number of fused-ring (bicyclic) bond motifs is 3. The maximum absolute atomic E-state index is 6.27. The van der Waals surface area contributed by atoms with Crippen LogP contribution in [0.25, 0.3) is 11.3 Å². The molecule has 0 amide bonds. The van der Waals surface area contributed by atoms with Crippen molar-refractivity contribution in [2.45, 2.75) is 11.4 Å². The third-order valence-corrected chi connectivity index (χ3v) is 5.07. The highest BCUT2D eigenvalue weighted by Gasteiger charge is 2.29.